The lowest BCUT2D eigenvalue weighted by atomic mass is 9.98. The van der Waals surface area contributed by atoms with E-state index in [0.717, 1.165) is 16.7 Å². The molecule has 0 saturated carbocycles. The molecule has 1 atom stereocenters. The zero-order valence-corrected chi connectivity index (χ0v) is 15.2. The van der Waals surface area contributed by atoms with Crippen LogP contribution in [0.15, 0.2) is 48.5 Å². The van der Waals surface area contributed by atoms with Crippen LogP contribution in [0.5, 0.6) is 0 Å². The van der Waals surface area contributed by atoms with E-state index in [1.165, 1.54) is 0 Å². The van der Waals surface area contributed by atoms with Crippen LogP contribution in [0.25, 0.3) is 0 Å². The second-order valence-corrected chi connectivity index (χ2v) is 6.73. The van der Waals surface area contributed by atoms with Gasteiger partial charge in [0.15, 0.2) is 5.78 Å². The predicted octanol–water partition coefficient (Wildman–Crippen LogP) is 3.10. The third-order valence-electron chi connectivity index (χ3n) is 4.46. The molecule has 136 valence electrons. The summed E-state index contributed by atoms with van der Waals surface area (Å²) in [5, 5.41) is 3.22. The zero-order chi connectivity index (χ0) is 18.5. The van der Waals surface area contributed by atoms with Gasteiger partial charge in [0.25, 0.3) is 0 Å². The first kappa shape index (κ1) is 18.1. The summed E-state index contributed by atoms with van der Waals surface area (Å²) in [4.78, 5) is 26.8. The second-order valence-electron chi connectivity index (χ2n) is 6.73. The standard InChI is InChI=1S/C21H24N2O3/c1-15-10-16(2)12-18(11-15)20(24)19-13-23(9-8-22-19)21(25)26-14-17-6-4-3-5-7-17/h3-7,10-12,19,22H,8-9,13-14H2,1-2H3. The van der Waals surface area contributed by atoms with Crippen molar-refractivity contribution in [3.63, 3.8) is 0 Å². The van der Waals surface area contributed by atoms with Crippen LogP contribution in [0, 0.1) is 13.8 Å². The molecule has 3 rings (SSSR count). The minimum atomic E-state index is -0.408. The summed E-state index contributed by atoms with van der Waals surface area (Å²) in [6, 6.07) is 15.0. The van der Waals surface area contributed by atoms with Gasteiger partial charge in [-0.1, -0.05) is 47.5 Å². The number of ketones is 1. The molecule has 1 amide bonds. The van der Waals surface area contributed by atoms with E-state index in [4.69, 9.17) is 4.74 Å². The van der Waals surface area contributed by atoms with Crippen molar-refractivity contribution in [3.8, 4) is 0 Å². The van der Waals surface area contributed by atoms with Crippen LogP contribution < -0.4 is 5.32 Å². The van der Waals surface area contributed by atoms with Crippen LogP contribution >= 0.6 is 0 Å². The summed E-state index contributed by atoms with van der Waals surface area (Å²) in [6.07, 6.45) is -0.381. The van der Waals surface area contributed by atoms with E-state index in [9.17, 15) is 9.59 Å². The van der Waals surface area contributed by atoms with E-state index in [1.807, 2.05) is 62.4 Å². The van der Waals surface area contributed by atoms with Gasteiger partial charge in [-0.05, 0) is 31.5 Å². The van der Waals surface area contributed by atoms with Crippen molar-refractivity contribution in [1.82, 2.24) is 10.2 Å². The molecule has 1 aliphatic heterocycles. The van der Waals surface area contributed by atoms with Gasteiger partial charge < -0.3 is 15.0 Å². The summed E-state index contributed by atoms with van der Waals surface area (Å²) < 4.78 is 5.39. The van der Waals surface area contributed by atoms with Crippen LogP contribution in [-0.4, -0.2) is 42.5 Å². The topological polar surface area (TPSA) is 58.6 Å². The third kappa shape index (κ3) is 4.49. The first-order valence-electron chi connectivity index (χ1n) is 8.84. The van der Waals surface area contributed by atoms with Crippen LogP contribution in [0.2, 0.25) is 0 Å². The number of amides is 1. The largest absolute Gasteiger partial charge is 0.445 e. The Kier molecular flexibility index (Phi) is 5.68. The molecule has 0 spiro atoms. The number of carbonyl (C=O) groups excluding carboxylic acids is 2. The molecule has 1 fully saturated rings. The molecule has 0 bridgehead atoms. The fraction of sp³-hybridized carbons (Fsp3) is 0.333. The SMILES string of the molecule is Cc1cc(C)cc(C(=O)C2CN(C(=O)OCc3ccccc3)CCN2)c1. The van der Waals surface area contributed by atoms with Gasteiger partial charge in [-0.2, -0.15) is 0 Å². The average Bonchev–Trinajstić information content (AvgIpc) is 2.65. The van der Waals surface area contributed by atoms with Gasteiger partial charge in [-0.25, -0.2) is 4.79 Å². The highest BCUT2D eigenvalue weighted by Crippen LogP contribution is 2.14. The van der Waals surface area contributed by atoms with Gasteiger partial charge in [-0.3, -0.25) is 4.79 Å². The van der Waals surface area contributed by atoms with Crippen molar-refractivity contribution in [2.45, 2.75) is 26.5 Å². The van der Waals surface area contributed by atoms with Crippen molar-refractivity contribution in [2.24, 2.45) is 0 Å². The molecule has 1 aliphatic rings. The number of piperazine rings is 1. The highest BCUT2D eigenvalue weighted by Gasteiger charge is 2.29. The number of ether oxygens (including phenoxy) is 1. The monoisotopic (exact) mass is 352 g/mol. The Morgan fingerprint density at radius 1 is 1.12 bits per heavy atom. The number of Topliss-reactive ketones (excluding diaryl/α,β-unsaturated/α-hetero) is 1. The van der Waals surface area contributed by atoms with Crippen LogP contribution in [0.4, 0.5) is 4.79 Å². The van der Waals surface area contributed by atoms with E-state index in [2.05, 4.69) is 5.32 Å². The molecule has 0 aromatic heterocycles. The molecule has 5 nitrogen and oxygen atoms in total. The smallest absolute Gasteiger partial charge is 0.410 e. The average molecular weight is 352 g/mol. The lowest BCUT2D eigenvalue weighted by Crippen LogP contribution is -2.55. The minimum absolute atomic E-state index is 0.0114. The number of aryl methyl sites for hydroxylation is 2. The van der Waals surface area contributed by atoms with E-state index in [0.29, 0.717) is 25.2 Å². The fourth-order valence-corrected chi connectivity index (χ4v) is 3.22. The van der Waals surface area contributed by atoms with E-state index < -0.39 is 6.04 Å². The quantitative estimate of drug-likeness (QED) is 0.859. The van der Waals surface area contributed by atoms with E-state index >= 15 is 0 Å². The number of nitrogens with one attached hydrogen (secondary N) is 1. The van der Waals surface area contributed by atoms with E-state index in [1.54, 1.807) is 4.90 Å². The van der Waals surface area contributed by atoms with Crippen LogP contribution in [-0.2, 0) is 11.3 Å². The Bertz CT molecular complexity index is 769. The Morgan fingerprint density at radius 2 is 1.81 bits per heavy atom. The lowest BCUT2D eigenvalue weighted by Gasteiger charge is -2.32. The van der Waals surface area contributed by atoms with Gasteiger partial charge in [0.05, 0.1) is 6.04 Å². The Labute approximate surface area is 154 Å². The molecule has 2 aromatic carbocycles. The molecule has 0 radical (unpaired) electrons. The van der Waals surface area contributed by atoms with Gasteiger partial charge in [0.2, 0.25) is 0 Å². The molecule has 1 unspecified atom stereocenters. The van der Waals surface area contributed by atoms with Crippen molar-refractivity contribution in [2.75, 3.05) is 19.6 Å². The molecule has 1 N–H and O–H groups in total. The summed E-state index contributed by atoms with van der Waals surface area (Å²) in [5.74, 6) is 0.0114. The Morgan fingerprint density at radius 3 is 2.50 bits per heavy atom. The summed E-state index contributed by atoms with van der Waals surface area (Å²) in [5.41, 5.74) is 3.74. The van der Waals surface area contributed by atoms with Gasteiger partial charge in [0, 0.05) is 25.2 Å². The summed E-state index contributed by atoms with van der Waals surface area (Å²) in [6.45, 7) is 5.61. The van der Waals surface area contributed by atoms with Crippen molar-refractivity contribution < 1.29 is 14.3 Å². The number of carbonyl (C=O) groups is 2. The number of nitrogens with zero attached hydrogens (tertiary/aromatic N) is 1. The third-order valence-corrected chi connectivity index (χ3v) is 4.46. The highest BCUT2D eigenvalue weighted by atomic mass is 16.6. The maximum Gasteiger partial charge on any atom is 0.410 e. The maximum absolute atomic E-state index is 12.8. The molecule has 2 aromatic rings. The van der Waals surface area contributed by atoms with Crippen molar-refractivity contribution >= 4 is 11.9 Å². The Hall–Kier alpha value is -2.66. The summed E-state index contributed by atoms with van der Waals surface area (Å²) >= 11 is 0. The second kappa shape index (κ2) is 8.15. The fourth-order valence-electron chi connectivity index (χ4n) is 3.22. The first-order chi connectivity index (χ1) is 12.5. The molecule has 26 heavy (non-hydrogen) atoms. The number of hydrogen-bond acceptors (Lipinski definition) is 4. The molecule has 1 heterocycles. The molecule has 1 saturated heterocycles. The molecular weight excluding hydrogens is 328 g/mol. The van der Waals surface area contributed by atoms with Crippen LogP contribution in [0.1, 0.15) is 27.0 Å². The van der Waals surface area contributed by atoms with E-state index in [-0.39, 0.29) is 18.5 Å². The number of rotatable bonds is 4. The normalized spacial score (nSPS) is 17.0. The first-order valence-corrected chi connectivity index (χ1v) is 8.84. The van der Waals surface area contributed by atoms with Crippen LogP contribution in [0.3, 0.4) is 0 Å². The molecule has 0 aliphatic carbocycles. The van der Waals surface area contributed by atoms with Crippen molar-refractivity contribution in [3.05, 3.63) is 70.8 Å². The molecule has 5 heteroatoms. The van der Waals surface area contributed by atoms with Gasteiger partial charge in [-0.15, -0.1) is 0 Å². The zero-order valence-electron chi connectivity index (χ0n) is 15.2. The Balaban J connectivity index is 1.61. The number of hydrogen-bond donors (Lipinski definition) is 1. The summed E-state index contributed by atoms with van der Waals surface area (Å²) in [7, 11) is 0. The maximum atomic E-state index is 12.8. The van der Waals surface area contributed by atoms with Gasteiger partial charge >= 0.3 is 6.09 Å². The number of benzene rings is 2. The lowest BCUT2D eigenvalue weighted by molar-refractivity contribution is 0.0752. The molecular formula is C21H24N2O3. The predicted molar refractivity (Wildman–Crippen MR) is 100 cm³/mol. The van der Waals surface area contributed by atoms with Crippen molar-refractivity contribution in [1.29, 1.82) is 0 Å². The highest BCUT2D eigenvalue weighted by molar-refractivity contribution is 6.00. The van der Waals surface area contributed by atoms with Gasteiger partial charge in [0.1, 0.15) is 6.61 Å². The minimum Gasteiger partial charge on any atom is -0.445 e.